The van der Waals surface area contributed by atoms with E-state index in [0.29, 0.717) is 19.1 Å². The van der Waals surface area contributed by atoms with E-state index in [2.05, 4.69) is 25.1 Å². The van der Waals surface area contributed by atoms with Crippen LogP contribution in [-0.4, -0.2) is 60.3 Å². The van der Waals surface area contributed by atoms with Crippen molar-refractivity contribution in [1.82, 2.24) is 20.2 Å². The average Bonchev–Trinajstić information content (AvgIpc) is 3.06. The van der Waals surface area contributed by atoms with E-state index in [1.54, 1.807) is 6.33 Å². The number of hydrogen-bond donors (Lipinski definition) is 1. The fourth-order valence-corrected chi connectivity index (χ4v) is 3.20. The minimum atomic E-state index is 0.00602. The van der Waals surface area contributed by atoms with Crippen LogP contribution in [0, 0.1) is 6.92 Å². The highest BCUT2D eigenvalue weighted by molar-refractivity contribution is 5.78. The molecule has 0 radical (unpaired) electrons. The zero-order valence-electron chi connectivity index (χ0n) is 15.5. The number of benzene rings is 1. The summed E-state index contributed by atoms with van der Waals surface area (Å²) in [6, 6.07) is 8.03. The van der Waals surface area contributed by atoms with Crippen molar-refractivity contribution in [2.75, 3.05) is 38.4 Å². The Labute approximate surface area is 158 Å². The van der Waals surface area contributed by atoms with Gasteiger partial charge in [0.2, 0.25) is 12.7 Å². The van der Waals surface area contributed by atoms with Crippen LogP contribution < -0.4 is 19.7 Å². The van der Waals surface area contributed by atoms with Crippen molar-refractivity contribution in [3.63, 3.8) is 0 Å². The fraction of sp³-hybridized carbons (Fsp3) is 0.421. The number of aromatic nitrogens is 2. The van der Waals surface area contributed by atoms with Gasteiger partial charge >= 0.3 is 0 Å². The summed E-state index contributed by atoms with van der Waals surface area (Å²) < 4.78 is 10.7. The molecule has 1 aromatic heterocycles. The molecule has 1 amide bonds. The number of anilines is 1. The second-order valence-electron chi connectivity index (χ2n) is 6.96. The first kappa shape index (κ1) is 17.5. The Morgan fingerprint density at radius 3 is 2.89 bits per heavy atom. The maximum atomic E-state index is 12.3. The van der Waals surface area contributed by atoms with Gasteiger partial charge in [-0.05, 0) is 31.7 Å². The summed E-state index contributed by atoms with van der Waals surface area (Å²) in [4.78, 5) is 25.0. The SMILES string of the molecule is Cc1cc(N2CC(N(C)CC(=O)NCc3ccc4c(c3)OCO4)C2)ncn1. The van der Waals surface area contributed by atoms with E-state index in [-0.39, 0.29) is 12.7 Å². The lowest BCUT2D eigenvalue weighted by molar-refractivity contribution is -0.122. The highest BCUT2D eigenvalue weighted by atomic mass is 16.7. The first-order valence-corrected chi connectivity index (χ1v) is 8.97. The summed E-state index contributed by atoms with van der Waals surface area (Å²) in [6.07, 6.45) is 1.59. The normalized spacial score (nSPS) is 15.7. The van der Waals surface area contributed by atoms with Crippen LogP contribution in [0.4, 0.5) is 5.82 Å². The van der Waals surface area contributed by atoms with E-state index in [1.165, 1.54) is 0 Å². The lowest BCUT2D eigenvalue weighted by Gasteiger charge is -2.44. The summed E-state index contributed by atoms with van der Waals surface area (Å²) >= 11 is 0. The Hall–Kier alpha value is -2.87. The van der Waals surface area contributed by atoms with Gasteiger partial charge in [0.25, 0.3) is 0 Å². The van der Waals surface area contributed by atoms with Gasteiger partial charge in [0, 0.05) is 37.4 Å². The second kappa shape index (κ2) is 7.40. The highest BCUT2D eigenvalue weighted by Crippen LogP contribution is 2.32. The predicted molar refractivity (Wildman–Crippen MR) is 99.8 cm³/mol. The van der Waals surface area contributed by atoms with Gasteiger partial charge in [-0.15, -0.1) is 0 Å². The number of rotatable bonds is 6. The summed E-state index contributed by atoms with van der Waals surface area (Å²) in [7, 11) is 1.98. The van der Waals surface area contributed by atoms with E-state index in [1.807, 2.05) is 38.2 Å². The molecule has 0 unspecified atom stereocenters. The maximum Gasteiger partial charge on any atom is 0.234 e. The van der Waals surface area contributed by atoms with Crippen molar-refractivity contribution in [1.29, 1.82) is 0 Å². The average molecular weight is 369 g/mol. The number of aryl methyl sites for hydroxylation is 1. The molecule has 1 saturated heterocycles. The van der Waals surface area contributed by atoms with E-state index in [9.17, 15) is 4.79 Å². The minimum Gasteiger partial charge on any atom is -0.454 e. The molecule has 8 nitrogen and oxygen atoms in total. The van der Waals surface area contributed by atoms with Crippen molar-refractivity contribution in [3.05, 3.63) is 41.9 Å². The molecule has 1 aromatic carbocycles. The van der Waals surface area contributed by atoms with Crippen molar-refractivity contribution >= 4 is 11.7 Å². The summed E-state index contributed by atoms with van der Waals surface area (Å²) in [5.74, 6) is 2.43. The number of hydrogen-bond acceptors (Lipinski definition) is 7. The van der Waals surface area contributed by atoms with E-state index < -0.39 is 0 Å². The number of likely N-dealkylation sites (N-methyl/N-ethyl adjacent to an activating group) is 1. The van der Waals surface area contributed by atoms with Gasteiger partial charge in [0.05, 0.1) is 6.54 Å². The zero-order chi connectivity index (χ0) is 18.8. The molecule has 27 heavy (non-hydrogen) atoms. The number of ether oxygens (including phenoxy) is 2. The monoisotopic (exact) mass is 369 g/mol. The predicted octanol–water partition coefficient (Wildman–Crippen LogP) is 0.951. The van der Waals surface area contributed by atoms with Crippen LogP contribution in [0.5, 0.6) is 11.5 Å². The van der Waals surface area contributed by atoms with Gasteiger partial charge in [-0.2, -0.15) is 0 Å². The van der Waals surface area contributed by atoms with E-state index in [0.717, 1.165) is 41.7 Å². The molecule has 3 heterocycles. The molecular weight excluding hydrogens is 346 g/mol. The van der Waals surface area contributed by atoms with E-state index >= 15 is 0 Å². The molecule has 0 spiro atoms. The topological polar surface area (TPSA) is 79.8 Å². The zero-order valence-corrected chi connectivity index (χ0v) is 15.5. The maximum absolute atomic E-state index is 12.3. The van der Waals surface area contributed by atoms with Crippen LogP contribution in [0.15, 0.2) is 30.6 Å². The molecule has 2 aliphatic heterocycles. The first-order valence-electron chi connectivity index (χ1n) is 8.97. The van der Waals surface area contributed by atoms with Crippen LogP contribution >= 0.6 is 0 Å². The number of amides is 1. The summed E-state index contributed by atoms with van der Waals surface area (Å²) in [5, 5.41) is 2.96. The molecule has 0 atom stereocenters. The third-order valence-corrected chi connectivity index (χ3v) is 4.92. The number of fused-ring (bicyclic) bond motifs is 1. The molecule has 1 fully saturated rings. The Morgan fingerprint density at radius 2 is 2.07 bits per heavy atom. The van der Waals surface area contributed by atoms with Crippen LogP contribution in [0.2, 0.25) is 0 Å². The Balaban J connectivity index is 1.22. The minimum absolute atomic E-state index is 0.00602. The number of carbonyl (C=O) groups is 1. The highest BCUT2D eigenvalue weighted by Gasteiger charge is 2.31. The Morgan fingerprint density at radius 1 is 1.26 bits per heavy atom. The summed E-state index contributed by atoms with van der Waals surface area (Å²) in [5.41, 5.74) is 1.95. The molecule has 1 N–H and O–H groups in total. The quantitative estimate of drug-likeness (QED) is 0.812. The fourth-order valence-electron chi connectivity index (χ4n) is 3.20. The van der Waals surface area contributed by atoms with Crippen molar-refractivity contribution in [3.8, 4) is 11.5 Å². The second-order valence-corrected chi connectivity index (χ2v) is 6.96. The van der Waals surface area contributed by atoms with Gasteiger partial charge in [-0.1, -0.05) is 6.07 Å². The molecular formula is C19H23N5O3. The van der Waals surface area contributed by atoms with Gasteiger partial charge in [-0.3, -0.25) is 9.69 Å². The molecule has 4 rings (SSSR count). The Kier molecular flexibility index (Phi) is 4.81. The molecule has 0 aliphatic carbocycles. The third kappa shape index (κ3) is 3.95. The van der Waals surface area contributed by atoms with Crippen molar-refractivity contribution in [2.24, 2.45) is 0 Å². The summed E-state index contributed by atoms with van der Waals surface area (Å²) in [6.45, 7) is 4.78. The molecule has 2 aromatic rings. The van der Waals surface area contributed by atoms with Gasteiger partial charge in [0.1, 0.15) is 12.1 Å². The van der Waals surface area contributed by atoms with Crippen LogP contribution in [0.1, 0.15) is 11.3 Å². The lowest BCUT2D eigenvalue weighted by Crippen LogP contribution is -2.60. The van der Waals surface area contributed by atoms with Crippen molar-refractivity contribution < 1.29 is 14.3 Å². The standard InChI is InChI=1S/C19H23N5O3/c1-13-5-18(22-11-21-13)24-8-15(9-24)23(2)10-19(25)20-7-14-3-4-16-17(6-14)27-12-26-16/h3-6,11,15H,7-10,12H2,1-2H3,(H,20,25). The van der Waals surface area contributed by atoms with Gasteiger partial charge in [0.15, 0.2) is 11.5 Å². The largest absolute Gasteiger partial charge is 0.454 e. The first-order chi connectivity index (χ1) is 13.1. The smallest absolute Gasteiger partial charge is 0.234 e. The number of nitrogens with one attached hydrogen (secondary N) is 1. The van der Waals surface area contributed by atoms with Crippen LogP contribution in [0.25, 0.3) is 0 Å². The van der Waals surface area contributed by atoms with Gasteiger partial charge < -0.3 is 19.7 Å². The molecule has 142 valence electrons. The van der Waals surface area contributed by atoms with E-state index in [4.69, 9.17) is 9.47 Å². The number of carbonyl (C=O) groups excluding carboxylic acids is 1. The Bertz CT molecular complexity index is 838. The lowest BCUT2D eigenvalue weighted by atomic mass is 10.1. The molecule has 8 heteroatoms. The van der Waals surface area contributed by atoms with Gasteiger partial charge in [-0.25, -0.2) is 9.97 Å². The number of nitrogens with zero attached hydrogens (tertiary/aromatic N) is 4. The third-order valence-electron chi connectivity index (χ3n) is 4.92. The molecule has 0 saturated carbocycles. The van der Waals surface area contributed by atoms with Crippen molar-refractivity contribution in [2.45, 2.75) is 19.5 Å². The van der Waals surface area contributed by atoms with Crippen LogP contribution in [-0.2, 0) is 11.3 Å². The van der Waals surface area contributed by atoms with Crippen LogP contribution in [0.3, 0.4) is 0 Å². The molecule has 2 aliphatic rings. The molecule has 0 bridgehead atoms.